The quantitative estimate of drug-likeness (QED) is 0.360. The highest BCUT2D eigenvalue weighted by Gasteiger charge is 2.15. The highest BCUT2D eigenvalue weighted by molar-refractivity contribution is 7.98. The fourth-order valence-electron chi connectivity index (χ4n) is 2.88. The van der Waals surface area contributed by atoms with E-state index in [1.165, 1.54) is 12.1 Å². The lowest BCUT2D eigenvalue weighted by atomic mass is 10.1. The van der Waals surface area contributed by atoms with E-state index in [4.69, 9.17) is 23.2 Å². The number of amides is 1. The Kier molecular flexibility index (Phi) is 8.48. The summed E-state index contributed by atoms with van der Waals surface area (Å²) in [5.74, 6) is 1.29. The summed E-state index contributed by atoms with van der Waals surface area (Å²) < 4.78 is 27.6. The molecule has 0 aliphatic carbocycles. The van der Waals surface area contributed by atoms with E-state index in [2.05, 4.69) is 10.0 Å². The van der Waals surface area contributed by atoms with Crippen LogP contribution in [-0.4, -0.2) is 26.6 Å². The largest absolute Gasteiger partial charge is 0.351 e. The van der Waals surface area contributed by atoms with Crippen molar-refractivity contribution >= 4 is 56.6 Å². The van der Waals surface area contributed by atoms with Crippen LogP contribution in [0.5, 0.6) is 0 Å². The number of sulfonamides is 1. The third kappa shape index (κ3) is 6.65. The Morgan fingerprint density at radius 2 is 1.72 bits per heavy atom. The van der Waals surface area contributed by atoms with E-state index >= 15 is 0 Å². The molecule has 1 amide bonds. The predicted molar refractivity (Wildman–Crippen MR) is 133 cm³/mol. The summed E-state index contributed by atoms with van der Waals surface area (Å²) in [6.07, 6.45) is 0. The second-order valence-electron chi connectivity index (χ2n) is 7.01. The number of halogens is 2. The van der Waals surface area contributed by atoms with Crippen molar-refractivity contribution in [3.8, 4) is 0 Å². The maximum atomic E-state index is 12.5. The first kappa shape index (κ1) is 24.5. The number of thioether (sulfide) groups is 1. The molecule has 9 heteroatoms. The number of hydrogen-bond donors (Lipinski definition) is 2. The van der Waals surface area contributed by atoms with Crippen molar-refractivity contribution in [3.05, 3.63) is 93.5 Å². The van der Waals surface area contributed by atoms with Gasteiger partial charge in [-0.2, -0.15) is 11.8 Å². The van der Waals surface area contributed by atoms with Crippen molar-refractivity contribution in [3.63, 3.8) is 0 Å². The molecule has 0 spiro atoms. The summed E-state index contributed by atoms with van der Waals surface area (Å²) in [4.78, 5) is 12.6. The zero-order chi connectivity index (χ0) is 23.1. The van der Waals surface area contributed by atoms with Crippen LogP contribution in [0.4, 0.5) is 5.69 Å². The molecule has 168 valence electrons. The van der Waals surface area contributed by atoms with E-state index in [-0.39, 0.29) is 10.8 Å². The van der Waals surface area contributed by atoms with Crippen LogP contribution in [0.1, 0.15) is 21.5 Å². The lowest BCUT2D eigenvalue weighted by molar-refractivity contribution is 0.0956. The Morgan fingerprint density at radius 1 is 0.969 bits per heavy atom. The van der Waals surface area contributed by atoms with Crippen LogP contribution in [-0.2, 0) is 15.8 Å². The van der Waals surface area contributed by atoms with E-state index in [0.29, 0.717) is 33.4 Å². The molecule has 3 aromatic carbocycles. The van der Waals surface area contributed by atoms with Crippen LogP contribution in [0, 0.1) is 6.92 Å². The van der Waals surface area contributed by atoms with Gasteiger partial charge in [-0.15, -0.1) is 0 Å². The van der Waals surface area contributed by atoms with Crippen molar-refractivity contribution in [2.24, 2.45) is 0 Å². The second kappa shape index (κ2) is 11.1. The van der Waals surface area contributed by atoms with E-state index in [9.17, 15) is 13.2 Å². The van der Waals surface area contributed by atoms with Gasteiger partial charge in [-0.3, -0.25) is 9.52 Å². The number of nitrogens with one attached hydrogen (secondary N) is 2. The molecule has 5 nitrogen and oxygen atoms in total. The van der Waals surface area contributed by atoms with Gasteiger partial charge in [0.2, 0.25) is 0 Å². The van der Waals surface area contributed by atoms with Gasteiger partial charge in [0.25, 0.3) is 15.9 Å². The molecule has 0 heterocycles. The molecule has 0 saturated carbocycles. The standard InChI is InChI=1S/C23H22Cl2N2O3S2/c1-16-13-18(8-10-22(16)27-32(29,30)19-5-3-2-4-6-19)23(28)26-11-12-31-15-17-7-9-20(24)21(25)14-17/h2-10,13-14,27H,11-12,15H2,1H3,(H,26,28). The second-order valence-corrected chi connectivity index (χ2v) is 10.6. The number of carbonyl (C=O) groups excluding carboxylic acids is 1. The van der Waals surface area contributed by atoms with Crippen LogP contribution in [0.25, 0.3) is 0 Å². The van der Waals surface area contributed by atoms with Gasteiger partial charge in [0.15, 0.2) is 0 Å². The van der Waals surface area contributed by atoms with E-state index in [0.717, 1.165) is 17.1 Å². The first-order valence-corrected chi connectivity index (χ1v) is 13.1. The van der Waals surface area contributed by atoms with E-state index in [1.807, 2.05) is 12.1 Å². The summed E-state index contributed by atoms with van der Waals surface area (Å²) >= 11 is 13.6. The van der Waals surface area contributed by atoms with Gasteiger partial charge in [-0.1, -0.05) is 47.5 Å². The van der Waals surface area contributed by atoms with Crippen LogP contribution in [0.3, 0.4) is 0 Å². The van der Waals surface area contributed by atoms with Crippen LogP contribution in [0.2, 0.25) is 10.0 Å². The fourth-order valence-corrected chi connectivity index (χ4v) is 5.16. The monoisotopic (exact) mass is 508 g/mol. The molecule has 3 aromatic rings. The average molecular weight is 509 g/mol. The smallest absolute Gasteiger partial charge is 0.261 e. The maximum absolute atomic E-state index is 12.5. The molecule has 0 unspecified atom stereocenters. The van der Waals surface area contributed by atoms with Gasteiger partial charge < -0.3 is 5.32 Å². The minimum atomic E-state index is -3.69. The number of carbonyl (C=O) groups is 1. The van der Waals surface area contributed by atoms with Crippen LogP contribution < -0.4 is 10.0 Å². The van der Waals surface area contributed by atoms with Gasteiger partial charge >= 0.3 is 0 Å². The zero-order valence-corrected chi connectivity index (χ0v) is 20.4. The molecule has 0 aromatic heterocycles. The normalized spacial score (nSPS) is 11.2. The van der Waals surface area contributed by atoms with Gasteiger partial charge in [0.05, 0.1) is 20.6 Å². The molecular weight excluding hydrogens is 487 g/mol. The SMILES string of the molecule is Cc1cc(C(=O)NCCSCc2ccc(Cl)c(Cl)c2)ccc1NS(=O)(=O)c1ccccc1. The number of hydrogen-bond acceptors (Lipinski definition) is 4. The summed E-state index contributed by atoms with van der Waals surface area (Å²) in [5.41, 5.74) is 2.63. The third-order valence-electron chi connectivity index (χ3n) is 4.57. The highest BCUT2D eigenvalue weighted by Crippen LogP contribution is 2.25. The van der Waals surface area contributed by atoms with Gasteiger partial charge in [-0.05, 0) is 60.5 Å². The van der Waals surface area contributed by atoms with Gasteiger partial charge in [0, 0.05) is 23.6 Å². The van der Waals surface area contributed by atoms with Crippen molar-refractivity contribution < 1.29 is 13.2 Å². The van der Waals surface area contributed by atoms with E-state index < -0.39 is 10.0 Å². The summed E-state index contributed by atoms with van der Waals surface area (Å²) in [5, 5.41) is 3.94. The Balaban J connectivity index is 1.50. The lowest BCUT2D eigenvalue weighted by Gasteiger charge is -2.12. The summed E-state index contributed by atoms with van der Waals surface area (Å²) in [6.45, 7) is 2.26. The van der Waals surface area contributed by atoms with Crippen LogP contribution in [0.15, 0.2) is 71.6 Å². The predicted octanol–water partition coefficient (Wildman–Crippen LogP) is 5.77. The molecule has 0 aliphatic heterocycles. The summed E-state index contributed by atoms with van der Waals surface area (Å²) in [6, 6.07) is 18.5. The average Bonchev–Trinajstić information content (AvgIpc) is 2.77. The molecular formula is C23H22Cl2N2O3S2. The van der Waals surface area contributed by atoms with Gasteiger partial charge in [0.1, 0.15) is 0 Å². The molecule has 0 fully saturated rings. The maximum Gasteiger partial charge on any atom is 0.261 e. The van der Waals surface area contributed by atoms with Crippen molar-refractivity contribution in [2.75, 3.05) is 17.0 Å². The Morgan fingerprint density at radius 3 is 2.41 bits per heavy atom. The van der Waals surface area contributed by atoms with Gasteiger partial charge in [-0.25, -0.2) is 8.42 Å². The highest BCUT2D eigenvalue weighted by atomic mass is 35.5. The third-order valence-corrected chi connectivity index (χ3v) is 7.72. The zero-order valence-electron chi connectivity index (χ0n) is 17.3. The number of anilines is 1. The number of benzene rings is 3. The molecule has 0 aliphatic rings. The lowest BCUT2D eigenvalue weighted by Crippen LogP contribution is -2.26. The Labute approximate surface area is 202 Å². The first-order chi connectivity index (χ1) is 15.3. The molecule has 2 N–H and O–H groups in total. The molecule has 3 rings (SSSR count). The number of rotatable bonds is 9. The molecule has 0 radical (unpaired) electrons. The fraction of sp³-hybridized carbons (Fsp3) is 0.174. The van der Waals surface area contributed by atoms with Crippen molar-refractivity contribution in [2.45, 2.75) is 17.6 Å². The Bertz CT molecular complexity index is 1200. The molecule has 32 heavy (non-hydrogen) atoms. The van der Waals surface area contributed by atoms with Crippen molar-refractivity contribution in [1.82, 2.24) is 5.32 Å². The summed E-state index contributed by atoms with van der Waals surface area (Å²) in [7, 11) is -3.69. The Hall–Kier alpha value is -2.19. The van der Waals surface area contributed by atoms with Crippen molar-refractivity contribution in [1.29, 1.82) is 0 Å². The molecule has 0 bridgehead atoms. The minimum absolute atomic E-state index is 0.180. The van der Waals surface area contributed by atoms with Crippen LogP contribution >= 0.6 is 35.0 Å². The molecule has 0 saturated heterocycles. The topological polar surface area (TPSA) is 75.3 Å². The van der Waals surface area contributed by atoms with E-state index in [1.54, 1.807) is 61.2 Å². The molecule has 0 atom stereocenters. The number of aryl methyl sites for hydroxylation is 1. The first-order valence-electron chi connectivity index (χ1n) is 9.74. The minimum Gasteiger partial charge on any atom is -0.351 e.